The van der Waals surface area contributed by atoms with Crippen molar-refractivity contribution in [1.82, 2.24) is 5.32 Å². The highest BCUT2D eigenvalue weighted by Crippen LogP contribution is 2.30. The number of benzene rings is 1. The van der Waals surface area contributed by atoms with Gasteiger partial charge in [0, 0.05) is 6.54 Å². The maximum atomic E-state index is 5.45. The lowest BCUT2D eigenvalue weighted by Crippen LogP contribution is -2.31. The van der Waals surface area contributed by atoms with E-state index < -0.39 is 0 Å². The molecule has 2 heteroatoms. The third-order valence-corrected chi connectivity index (χ3v) is 3.51. The smallest absolute Gasteiger partial charge is 0.122 e. The van der Waals surface area contributed by atoms with E-state index in [4.69, 9.17) is 4.74 Å². The molecule has 0 aliphatic heterocycles. The maximum absolute atomic E-state index is 5.45. The van der Waals surface area contributed by atoms with Gasteiger partial charge in [-0.2, -0.15) is 0 Å². The molecule has 0 radical (unpaired) electrons. The van der Waals surface area contributed by atoms with Crippen LogP contribution in [0, 0.1) is 12.3 Å². The normalized spacial score (nSPS) is 14.4. The van der Waals surface area contributed by atoms with Crippen molar-refractivity contribution in [2.45, 2.75) is 33.6 Å². The molecule has 0 heterocycles. The second kappa shape index (κ2) is 6.06. The molecule has 0 saturated carbocycles. The minimum atomic E-state index is 0.288. The second-order valence-corrected chi connectivity index (χ2v) is 5.19. The second-order valence-electron chi connectivity index (χ2n) is 5.19. The molecule has 0 saturated heterocycles. The van der Waals surface area contributed by atoms with Crippen molar-refractivity contribution in [2.75, 3.05) is 20.7 Å². The van der Waals surface area contributed by atoms with Crippen LogP contribution >= 0.6 is 0 Å². The summed E-state index contributed by atoms with van der Waals surface area (Å²) >= 11 is 0. The van der Waals surface area contributed by atoms with Crippen LogP contribution in [-0.2, 0) is 6.42 Å². The van der Waals surface area contributed by atoms with Gasteiger partial charge in [0.05, 0.1) is 7.11 Å². The summed E-state index contributed by atoms with van der Waals surface area (Å²) in [6.45, 7) is 7.73. The van der Waals surface area contributed by atoms with Crippen LogP contribution in [0.5, 0.6) is 5.75 Å². The summed E-state index contributed by atoms with van der Waals surface area (Å²) in [5, 5.41) is 3.29. The molecule has 0 aromatic heterocycles. The lowest BCUT2D eigenvalue weighted by Gasteiger charge is -2.29. The molecule has 2 nitrogen and oxygen atoms in total. The van der Waals surface area contributed by atoms with E-state index in [9.17, 15) is 0 Å². The van der Waals surface area contributed by atoms with Crippen LogP contribution in [0.15, 0.2) is 18.2 Å². The van der Waals surface area contributed by atoms with Crippen molar-refractivity contribution in [1.29, 1.82) is 0 Å². The predicted octanol–water partition coefficient (Wildman–Crippen LogP) is 3.18. The van der Waals surface area contributed by atoms with Gasteiger partial charge in [-0.05, 0) is 43.9 Å². The minimum Gasteiger partial charge on any atom is -0.496 e. The van der Waals surface area contributed by atoms with Crippen molar-refractivity contribution >= 4 is 0 Å². The fourth-order valence-electron chi connectivity index (χ4n) is 2.24. The fraction of sp³-hybridized carbons (Fsp3) is 0.600. The lowest BCUT2D eigenvalue weighted by atomic mass is 9.80. The van der Waals surface area contributed by atoms with E-state index in [1.165, 1.54) is 11.1 Å². The Hall–Kier alpha value is -1.02. The molecule has 1 aromatic carbocycles. The van der Waals surface area contributed by atoms with Crippen LogP contribution in [0.1, 0.15) is 31.4 Å². The number of hydrogen-bond donors (Lipinski definition) is 1. The molecule has 1 aromatic rings. The van der Waals surface area contributed by atoms with Gasteiger partial charge in [0.2, 0.25) is 0 Å². The molecule has 1 unspecified atom stereocenters. The van der Waals surface area contributed by atoms with Gasteiger partial charge in [-0.3, -0.25) is 0 Å². The molecule has 0 fully saturated rings. The zero-order valence-corrected chi connectivity index (χ0v) is 11.8. The predicted molar refractivity (Wildman–Crippen MR) is 73.8 cm³/mol. The van der Waals surface area contributed by atoms with Gasteiger partial charge < -0.3 is 10.1 Å². The maximum Gasteiger partial charge on any atom is 0.122 e. The molecular formula is C15H25NO. The van der Waals surface area contributed by atoms with Gasteiger partial charge in [-0.25, -0.2) is 0 Å². The van der Waals surface area contributed by atoms with E-state index in [-0.39, 0.29) is 5.41 Å². The van der Waals surface area contributed by atoms with Crippen LogP contribution in [0.2, 0.25) is 0 Å². The molecule has 0 bridgehead atoms. The van der Waals surface area contributed by atoms with Crippen LogP contribution < -0.4 is 10.1 Å². The first-order chi connectivity index (χ1) is 8.04. The van der Waals surface area contributed by atoms with E-state index in [0.717, 1.165) is 25.1 Å². The zero-order chi connectivity index (χ0) is 12.9. The molecule has 17 heavy (non-hydrogen) atoms. The van der Waals surface area contributed by atoms with Crippen molar-refractivity contribution in [3.8, 4) is 5.75 Å². The van der Waals surface area contributed by atoms with Crippen LogP contribution in [-0.4, -0.2) is 20.7 Å². The van der Waals surface area contributed by atoms with Crippen molar-refractivity contribution in [3.05, 3.63) is 29.3 Å². The zero-order valence-electron chi connectivity index (χ0n) is 11.8. The fourth-order valence-corrected chi connectivity index (χ4v) is 2.24. The Bertz CT molecular complexity index is 362. The molecule has 1 atom stereocenters. The summed E-state index contributed by atoms with van der Waals surface area (Å²) < 4.78 is 5.45. The van der Waals surface area contributed by atoms with Gasteiger partial charge >= 0.3 is 0 Å². The number of methoxy groups -OCH3 is 1. The molecule has 96 valence electrons. The Balaban J connectivity index is 2.95. The molecule has 0 aliphatic rings. The van der Waals surface area contributed by atoms with E-state index in [1.807, 2.05) is 7.05 Å². The van der Waals surface area contributed by atoms with Crippen molar-refractivity contribution in [3.63, 3.8) is 0 Å². The minimum absolute atomic E-state index is 0.288. The summed E-state index contributed by atoms with van der Waals surface area (Å²) in [4.78, 5) is 0. The quantitative estimate of drug-likeness (QED) is 0.817. The number of nitrogens with one attached hydrogen (secondary N) is 1. The number of aryl methyl sites for hydroxylation is 1. The van der Waals surface area contributed by atoms with Crippen LogP contribution in [0.3, 0.4) is 0 Å². The first-order valence-electron chi connectivity index (χ1n) is 6.33. The van der Waals surface area contributed by atoms with Gasteiger partial charge in [0.25, 0.3) is 0 Å². The average Bonchev–Trinajstić information content (AvgIpc) is 2.29. The molecule has 0 spiro atoms. The van der Waals surface area contributed by atoms with Gasteiger partial charge in [-0.1, -0.05) is 31.5 Å². The number of hydrogen-bond acceptors (Lipinski definition) is 2. The van der Waals surface area contributed by atoms with Crippen LogP contribution in [0.25, 0.3) is 0 Å². The van der Waals surface area contributed by atoms with E-state index in [1.54, 1.807) is 7.11 Å². The Labute approximate surface area is 105 Å². The Morgan fingerprint density at radius 3 is 2.59 bits per heavy atom. The van der Waals surface area contributed by atoms with E-state index in [2.05, 4.69) is 44.3 Å². The molecule has 0 aliphatic carbocycles. The summed E-state index contributed by atoms with van der Waals surface area (Å²) in [6, 6.07) is 6.41. The highest BCUT2D eigenvalue weighted by atomic mass is 16.5. The third-order valence-electron chi connectivity index (χ3n) is 3.51. The van der Waals surface area contributed by atoms with Crippen molar-refractivity contribution < 1.29 is 4.74 Å². The summed E-state index contributed by atoms with van der Waals surface area (Å²) in [5.74, 6) is 1.01. The Morgan fingerprint density at radius 1 is 1.35 bits per heavy atom. The Morgan fingerprint density at radius 2 is 2.06 bits per heavy atom. The number of ether oxygens (including phenoxy) is 1. The first kappa shape index (κ1) is 14.0. The van der Waals surface area contributed by atoms with E-state index >= 15 is 0 Å². The summed E-state index contributed by atoms with van der Waals surface area (Å²) in [6.07, 6.45) is 2.21. The SMILES string of the molecule is CCC(C)(CNC)Cc1cc(C)ccc1OC. The largest absolute Gasteiger partial charge is 0.496 e. The molecular weight excluding hydrogens is 210 g/mol. The molecule has 0 amide bonds. The highest BCUT2D eigenvalue weighted by Gasteiger charge is 2.23. The standard InChI is InChI=1S/C15H25NO/c1-6-15(3,11-16-4)10-13-9-12(2)7-8-14(13)17-5/h7-9,16H,6,10-11H2,1-5H3. The monoisotopic (exact) mass is 235 g/mol. The lowest BCUT2D eigenvalue weighted by molar-refractivity contribution is 0.293. The molecule has 1 rings (SSSR count). The van der Waals surface area contributed by atoms with Gasteiger partial charge in [0.1, 0.15) is 5.75 Å². The highest BCUT2D eigenvalue weighted by molar-refractivity contribution is 5.37. The topological polar surface area (TPSA) is 21.3 Å². The Kier molecular flexibility index (Phi) is 5.01. The first-order valence-corrected chi connectivity index (χ1v) is 6.33. The van der Waals surface area contributed by atoms with Crippen LogP contribution in [0.4, 0.5) is 0 Å². The van der Waals surface area contributed by atoms with E-state index in [0.29, 0.717) is 0 Å². The molecule has 1 N–H and O–H groups in total. The van der Waals surface area contributed by atoms with Gasteiger partial charge in [-0.15, -0.1) is 0 Å². The average molecular weight is 235 g/mol. The summed E-state index contributed by atoms with van der Waals surface area (Å²) in [5.41, 5.74) is 2.89. The number of rotatable bonds is 6. The van der Waals surface area contributed by atoms with Gasteiger partial charge in [0.15, 0.2) is 0 Å². The summed E-state index contributed by atoms with van der Waals surface area (Å²) in [7, 11) is 3.76. The third kappa shape index (κ3) is 3.74. The van der Waals surface area contributed by atoms with Crippen molar-refractivity contribution in [2.24, 2.45) is 5.41 Å².